The Hall–Kier alpha value is -2.64. The number of ether oxygens (including phenoxy) is 1. The average molecular weight is 436 g/mol. The van der Waals surface area contributed by atoms with Gasteiger partial charge in [0.1, 0.15) is 11.6 Å². The highest BCUT2D eigenvalue weighted by Crippen LogP contribution is 2.33. The van der Waals surface area contributed by atoms with Crippen molar-refractivity contribution in [2.24, 2.45) is 11.7 Å². The lowest BCUT2D eigenvalue weighted by Crippen LogP contribution is -2.51. The van der Waals surface area contributed by atoms with Gasteiger partial charge in [-0.1, -0.05) is 18.9 Å². The van der Waals surface area contributed by atoms with E-state index in [1.807, 2.05) is 6.92 Å². The van der Waals surface area contributed by atoms with Crippen LogP contribution >= 0.6 is 12.4 Å². The smallest absolute Gasteiger partial charge is 0.255 e. The molecule has 2 amide bonds. The first-order valence-electron chi connectivity index (χ1n) is 9.65. The number of anilines is 2. The summed E-state index contributed by atoms with van der Waals surface area (Å²) < 4.78 is 18.7. The van der Waals surface area contributed by atoms with E-state index in [0.29, 0.717) is 17.1 Å². The zero-order valence-electron chi connectivity index (χ0n) is 17.0. The Bertz CT molecular complexity index is 920. The maximum absolute atomic E-state index is 13.4. The second-order valence-electron chi connectivity index (χ2n) is 7.67. The van der Waals surface area contributed by atoms with Crippen molar-refractivity contribution in [2.75, 3.05) is 17.7 Å². The Labute approximate surface area is 181 Å². The number of methoxy groups -OCH3 is 1. The molecule has 30 heavy (non-hydrogen) atoms. The summed E-state index contributed by atoms with van der Waals surface area (Å²) in [7, 11) is 1.48. The maximum Gasteiger partial charge on any atom is 0.255 e. The third kappa shape index (κ3) is 5.49. The molecule has 0 spiro atoms. The normalized spacial score (nSPS) is 20.6. The standard InChI is InChI=1S/C22H26FN3O3.ClH/c1-22(24)11-4-3-8-17(22)21(28)25-16-9-10-19(29-2)18(13-16)26-20(27)14-6-5-7-15(23)12-14;/h5-7,9-10,12-13,17H,3-4,8,11,24H2,1-2H3,(H,25,28)(H,26,27);1H. The second kappa shape index (κ2) is 9.91. The van der Waals surface area contributed by atoms with Crippen LogP contribution in [0, 0.1) is 11.7 Å². The van der Waals surface area contributed by atoms with E-state index in [4.69, 9.17) is 10.5 Å². The minimum atomic E-state index is -0.538. The molecule has 1 aliphatic rings. The lowest BCUT2D eigenvalue weighted by atomic mass is 9.74. The van der Waals surface area contributed by atoms with Crippen LogP contribution in [0.5, 0.6) is 5.75 Å². The zero-order valence-corrected chi connectivity index (χ0v) is 17.9. The molecule has 1 aliphatic carbocycles. The lowest BCUT2D eigenvalue weighted by Gasteiger charge is -2.37. The molecule has 2 aromatic rings. The number of benzene rings is 2. The van der Waals surface area contributed by atoms with Crippen LogP contribution in [0.1, 0.15) is 43.0 Å². The third-order valence-electron chi connectivity index (χ3n) is 5.37. The zero-order chi connectivity index (χ0) is 21.0. The van der Waals surface area contributed by atoms with Crippen molar-refractivity contribution in [2.45, 2.75) is 38.1 Å². The Morgan fingerprint density at radius 2 is 1.93 bits per heavy atom. The van der Waals surface area contributed by atoms with Crippen molar-refractivity contribution in [3.8, 4) is 5.75 Å². The van der Waals surface area contributed by atoms with E-state index in [-0.39, 0.29) is 29.8 Å². The van der Waals surface area contributed by atoms with E-state index < -0.39 is 17.3 Å². The van der Waals surface area contributed by atoms with Crippen LogP contribution in [-0.2, 0) is 4.79 Å². The number of nitrogens with two attached hydrogens (primary N) is 1. The number of carbonyl (C=O) groups excluding carboxylic acids is 2. The first kappa shape index (κ1) is 23.6. The number of nitrogens with one attached hydrogen (secondary N) is 2. The quantitative estimate of drug-likeness (QED) is 0.650. The van der Waals surface area contributed by atoms with Gasteiger partial charge in [-0.15, -0.1) is 12.4 Å². The van der Waals surface area contributed by atoms with E-state index in [2.05, 4.69) is 10.6 Å². The number of rotatable bonds is 5. The molecule has 0 bridgehead atoms. The van der Waals surface area contributed by atoms with Crippen LogP contribution in [0.2, 0.25) is 0 Å². The molecule has 2 atom stereocenters. The predicted octanol–water partition coefficient (Wildman–Crippen LogP) is 4.35. The van der Waals surface area contributed by atoms with Crippen LogP contribution in [0.4, 0.5) is 15.8 Å². The Kier molecular flexibility index (Phi) is 7.81. The van der Waals surface area contributed by atoms with Gasteiger partial charge in [-0.05, 0) is 56.2 Å². The molecule has 0 radical (unpaired) electrons. The molecule has 2 aromatic carbocycles. The van der Waals surface area contributed by atoms with Gasteiger partial charge in [-0.25, -0.2) is 4.39 Å². The molecule has 1 fully saturated rings. The highest BCUT2D eigenvalue weighted by Gasteiger charge is 2.37. The molecule has 3 rings (SSSR count). The predicted molar refractivity (Wildman–Crippen MR) is 118 cm³/mol. The number of halogens is 2. The first-order valence-corrected chi connectivity index (χ1v) is 9.65. The fraction of sp³-hybridized carbons (Fsp3) is 0.364. The van der Waals surface area contributed by atoms with E-state index in [1.54, 1.807) is 18.2 Å². The SMILES string of the molecule is COc1ccc(NC(=O)C2CCCCC2(C)N)cc1NC(=O)c1cccc(F)c1.Cl. The molecule has 6 nitrogen and oxygen atoms in total. The minimum Gasteiger partial charge on any atom is -0.495 e. The van der Waals surface area contributed by atoms with Crippen LogP contribution < -0.4 is 21.1 Å². The van der Waals surface area contributed by atoms with Crippen molar-refractivity contribution in [1.82, 2.24) is 0 Å². The fourth-order valence-electron chi connectivity index (χ4n) is 3.73. The summed E-state index contributed by atoms with van der Waals surface area (Å²) in [4.78, 5) is 25.2. The highest BCUT2D eigenvalue weighted by atomic mass is 35.5. The summed E-state index contributed by atoms with van der Waals surface area (Å²) in [5.74, 6) is -0.962. The Balaban J connectivity index is 0.00000320. The molecule has 8 heteroatoms. The van der Waals surface area contributed by atoms with Gasteiger partial charge >= 0.3 is 0 Å². The van der Waals surface area contributed by atoms with Gasteiger partial charge in [0.2, 0.25) is 5.91 Å². The topological polar surface area (TPSA) is 93.4 Å². The maximum atomic E-state index is 13.4. The number of hydrogen-bond donors (Lipinski definition) is 3. The van der Waals surface area contributed by atoms with Crippen molar-refractivity contribution >= 4 is 35.6 Å². The van der Waals surface area contributed by atoms with Crippen LogP contribution in [0.15, 0.2) is 42.5 Å². The summed E-state index contributed by atoms with van der Waals surface area (Å²) in [6.45, 7) is 1.91. The second-order valence-corrected chi connectivity index (χ2v) is 7.67. The molecule has 4 N–H and O–H groups in total. The van der Waals surface area contributed by atoms with Gasteiger partial charge in [0, 0.05) is 16.8 Å². The average Bonchev–Trinajstić information content (AvgIpc) is 2.67. The molecule has 2 unspecified atom stereocenters. The summed E-state index contributed by atoms with van der Waals surface area (Å²) in [5, 5.41) is 5.60. The summed E-state index contributed by atoms with van der Waals surface area (Å²) in [6, 6.07) is 10.4. The monoisotopic (exact) mass is 435 g/mol. The molecule has 0 saturated heterocycles. The van der Waals surface area contributed by atoms with Gasteiger partial charge < -0.3 is 21.1 Å². The first-order chi connectivity index (χ1) is 13.8. The molecule has 0 heterocycles. The summed E-state index contributed by atoms with van der Waals surface area (Å²) in [6.07, 6.45) is 3.55. The molecule has 162 valence electrons. The lowest BCUT2D eigenvalue weighted by molar-refractivity contribution is -0.122. The van der Waals surface area contributed by atoms with Crippen molar-refractivity contribution in [3.05, 3.63) is 53.8 Å². The molecule has 1 saturated carbocycles. The number of carbonyl (C=O) groups is 2. The summed E-state index contributed by atoms with van der Waals surface area (Å²) in [5.41, 5.74) is 6.86. The number of amides is 2. The van der Waals surface area contributed by atoms with Gasteiger partial charge in [0.15, 0.2) is 0 Å². The van der Waals surface area contributed by atoms with Crippen molar-refractivity contribution < 1.29 is 18.7 Å². The van der Waals surface area contributed by atoms with Gasteiger partial charge in [-0.3, -0.25) is 9.59 Å². The highest BCUT2D eigenvalue weighted by molar-refractivity contribution is 6.05. The molecule has 0 aromatic heterocycles. The van der Waals surface area contributed by atoms with Crippen molar-refractivity contribution in [1.29, 1.82) is 0 Å². The number of hydrogen-bond acceptors (Lipinski definition) is 4. The van der Waals surface area contributed by atoms with Crippen LogP contribution in [0.25, 0.3) is 0 Å². The van der Waals surface area contributed by atoms with E-state index in [9.17, 15) is 14.0 Å². The van der Waals surface area contributed by atoms with E-state index in [1.165, 1.54) is 25.3 Å². The van der Waals surface area contributed by atoms with Gasteiger partial charge in [0.05, 0.1) is 18.7 Å². The van der Waals surface area contributed by atoms with Crippen LogP contribution in [-0.4, -0.2) is 24.5 Å². The van der Waals surface area contributed by atoms with E-state index >= 15 is 0 Å². The third-order valence-corrected chi connectivity index (χ3v) is 5.37. The Morgan fingerprint density at radius 3 is 2.60 bits per heavy atom. The largest absolute Gasteiger partial charge is 0.495 e. The fourth-order valence-corrected chi connectivity index (χ4v) is 3.73. The summed E-state index contributed by atoms with van der Waals surface area (Å²) >= 11 is 0. The van der Waals surface area contributed by atoms with Gasteiger partial charge in [0.25, 0.3) is 5.91 Å². The minimum absolute atomic E-state index is 0. The molecule has 0 aliphatic heterocycles. The molecular weight excluding hydrogens is 409 g/mol. The van der Waals surface area contributed by atoms with Crippen LogP contribution in [0.3, 0.4) is 0 Å². The Morgan fingerprint density at radius 1 is 1.17 bits per heavy atom. The molecular formula is C22H27ClFN3O3. The van der Waals surface area contributed by atoms with E-state index in [0.717, 1.165) is 31.7 Å². The van der Waals surface area contributed by atoms with Crippen molar-refractivity contribution in [3.63, 3.8) is 0 Å². The van der Waals surface area contributed by atoms with Gasteiger partial charge in [-0.2, -0.15) is 0 Å².